The Morgan fingerprint density at radius 2 is 2.11 bits per heavy atom. The number of carbonyl (C=O) groups is 1. The van der Waals surface area contributed by atoms with Crippen LogP contribution in [0.2, 0.25) is 0 Å². The second kappa shape index (κ2) is 6.93. The summed E-state index contributed by atoms with van der Waals surface area (Å²) in [5.41, 5.74) is 0.939. The molecule has 100 valence electrons. The van der Waals surface area contributed by atoms with Gasteiger partial charge in [-0.1, -0.05) is 13.8 Å². The molecule has 1 amide bonds. The standard InChI is InChI=1S/C13H22N4O/c1-5-14-12(18)6-7-15-11-8-10(4)16-13(17-11)9(2)3/h8-9H,5-7H2,1-4H3,(H,14,18)(H,15,16,17). The highest BCUT2D eigenvalue weighted by Gasteiger charge is 2.06. The van der Waals surface area contributed by atoms with Crippen molar-refractivity contribution in [2.24, 2.45) is 0 Å². The Morgan fingerprint density at radius 1 is 1.39 bits per heavy atom. The van der Waals surface area contributed by atoms with Gasteiger partial charge in [0.2, 0.25) is 5.91 Å². The van der Waals surface area contributed by atoms with Crippen LogP contribution in [-0.2, 0) is 4.79 Å². The summed E-state index contributed by atoms with van der Waals surface area (Å²) >= 11 is 0. The summed E-state index contributed by atoms with van der Waals surface area (Å²) in [6.45, 7) is 9.24. The van der Waals surface area contributed by atoms with Crippen LogP contribution in [0.3, 0.4) is 0 Å². The van der Waals surface area contributed by atoms with Crippen molar-refractivity contribution in [2.75, 3.05) is 18.4 Å². The zero-order valence-corrected chi connectivity index (χ0v) is 11.6. The van der Waals surface area contributed by atoms with Crippen LogP contribution in [-0.4, -0.2) is 29.0 Å². The van der Waals surface area contributed by atoms with E-state index >= 15 is 0 Å². The molecule has 0 saturated heterocycles. The molecule has 0 aliphatic carbocycles. The number of anilines is 1. The van der Waals surface area contributed by atoms with Crippen molar-refractivity contribution >= 4 is 11.7 Å². The Balaban J connectivity index is 2.54. The Hall–Kier alpha value is -1.65. The highest BCUT2D eigenvalue weighted by atomic mass is 16.1. The van der Waals surface area contributed by atoms with E-state index in [9.17, 15) is 4.79 Å². The summed E-state index contributed by atoms with van der Waals surface area (Å²) in [7, 11) is 0. The van der Waals surface area contributed by atoms with Gasteiger partial charge in [0.05, 0.1) is 0 Å². The molecule has 5 heteroatoms. The van der Waals surface area contributed by atoms with Gasteiger partial charge in [0, 0.05) is 37.2 Å². The SMILES string of the molecule is CCNC(=O)CCNc1cc(C)nc(C(C)C)n1. The molecular weight excluding hydrogens is 228 g/mol. The first kappa shape index (κ1) is 14.4. The van der Waals surface area contributed by atoms with E-state index in [0.717, 1.165) is 17.3 Å². The molecule has 0 saturated carbocycles. The monoisotopic (exact) mass is 250 g/mol. The molecule has 0 unspecified atom stereocenters. The minimum Gasteiger partial charge on any atom is -0.369 e. The smallest absolute Gasteiger partial charge is 0.221 e. The minimum absolute atomic E-state index is 0.0554. The molecule has 5 nitrogen and oxygen atoms in total. The lowest BCUT2D eigenvalue weighted by atomic mass is 10.2. The van der Waals surface area contributed by atoms with Crippen LogP contribution in [0.4, 0.5) is 5.82 Å². The van der Waals surface area contributed by atoms with Crippen molar-refractivity contribution in [3.63, 3.8) is 0 Å². The first-order valence-electron chi connectivity index (χ1n) is 6.39. The van der Waals surface area contributed by atoms with Gasteiger partial charge in [-0.3, -0.25) is 4.79 Å². The highest BCUT2D eigenvalue weighted by molar-refractivity contribution is 5.76. The van der Waals surface area contributed by atoms with Gasteiger partial charge in [-0.05, 0) is 13.8 Å². The van der Waals surface area contributed by atoms with Crippen molar-refractivity contribution in [1.29, 1.82) is 0 Å². The molecule has 0 aromatic carbocycles. The Labute approximate surface area is 108 Å². The summed E-state index contributed by atoms with van der Waals surface area (Å²) < 4.78 is 0. The number of hydrogen-bond acceptors (Lipinski definition) is 4. The molecular formula is C13H22N4O. The van der Waals surface area contributed by atoms with Gasteiger partial charge in [0.15, 0.2) is 0 Å². The first-order chi connectivity index (χ1) is 8.52. The van der Waals surface area contributed by atoms with Gasteiger partial charge in [-0.15, -0.1) is 0 Å². The molecule has 18 heavy (non-hydrogen) atoms. The van der Waals surface area contributed by atoms with Crippen molar-refractivity contribution < 1.29 is 4.79 Å². The molecule has 0 atom stereocenters. The molecule has 0 bridgehead atoms. The van der Waals surface area contributed by atoms with Crippen LogP contribution in [0, 0.1) is 6.92 Å². The van der Waals surface area contributed by atoms with E-state index in [0.29, 0.717) is 25.4 Å². The summed E-state index contributed by atoms with van der Waals surface area (Å²) in [5, 5.41) is 5.92. The fourth-order valence-corrected chi connectivity index (χ4v) is 1.53. The average molecular weight is 250 g/mol. The second-order valence-corrected chi connectivity index (χ2v) is 4.54. The third kappa shape index (κ3) is 4.69. The molecule has 1 aromatic heterocycles. The van der Waals surface area contributed by atoms with Gasteiger partial charge >= 0.3 is 0 Å². The number of aromatic nitrogens is 2. The summed E-state index contributed by atoms with van der Waals surface area (Å²) in [6.07, 6.45) is 0.452. The number of carbonyl (C=O) groups excluding carboxylic acids is 1. The molecule has 0 aliphatic rings. The van der Waals surface area contributed by atoms with Gasteiger partial charge in [-0.2, -0.15) is 0 Å². The maximum atomic E-state index is 11.3. The van der Waals surface area contributed by atoms with E-state index in [-0.39, 0.29) is 5.91 Å². The minimum atomic E-state index is 0.0554. The maximum Gasteiger partial charge on any atom is 0.221 e. The summed E-state index contributed by atoms with van der Waals surface area (Å²) in [6, 6.07) is 1.89. The van der Waals surface area contributed by atoms with Crippen molar-refractivity contribution in [3.05, 3.63) is 17.6 Å². The predicted molar refractivity (Wildman–Crippen MR) is 72.6 cm³/mol. The Morgan fingerprint density at radius 3 is 2.72 bits per heavy atom. The zero-order chi connectivity index (χ0) is 13.5. The lowest BCUT2D eigenvalue weighted by molar-refractivity contribution is -0.120. The number of nitrogens with zero attached hydrogens (tertiary/aromatic N) is 2. The van der Waals surface area contributed by atoms with E-state index in [4.69, 9.17) is 0 Å². The molecule has 0 fully saturated rings. The van der Waals surface area contributed by atoms with Crippen LogP contribution in [0.5, 0.6) is 0 Å². The van der Waals surface area contributed by atoms with Gasteiger partial charge in [0.25, 0.3) is 0 Å². The normalized spacial score (nSPS) is 10.5. The number of hydrogen-bond donors (Lipinski definition) is 2. The largest absolute Gasteiger partial charge is 0.369 e. The molecule has 2 N–H and O–H groups in total. The fraction of sp³-hybridized carbons (Fsp3) is 0.615. The van der Waals surface area contributed by atoms with E-state index in [1.807, 2.05) is 19.9 Å². The van der Waals surface area contributed by atoms with Crippen LogP contribution >= 0.6 is 0 Å². The van der Waals surface area contributed by atoms with E-state index in [1.165, 1.54) is 0 Å². The number of amides is 1. The lowest BCUT2D eigenvalue weighted by Crippen LogP contribution is -2.25. The third-order valence-corrected chi connectivity index (χ3v) is 2.42. The third-order valence-electron chi connectivity index (χ3n) is 2.42. The van der Waals surface area contributed by atoms with Crippen LogP contribution in [0.1, 0.15) is 44.6 Å². The molecule has 0 spiro atoms. The van der Waals surface area contributed by atoms with Crippen molar-refractivity contribution in [1.82, 2.24) is 15.3 Å². The van der Waals surface area contributed by atoms with E-state index in [1.54, 1.807) is 0 Å². The lowest BCUT2D eigenvalue weighted by Gasteiger charge is -2.10. The number of aryl methyl sites for hydroxylation is 1. The highest BCUT2D eigenvalue weighted by Crippen LogP contribution is 2.13. The Bertz CT molecular complexity index is 404. The quantitative estimate of drug-likeness (QED) is 0.808. The van der Waals surface area contributed by atoms with Crippen LogP contribution < -0.4 is 10.6 Å². The molecule has 1 aromatic rings. The summed E-state index contributed by atoms with van der Waals surface area (Å²) in [5.74, 6) is 1.97. The predicted octanol–water partition coefficient (Wildman–Crippen LogP) is 1.85. The second-order valence-electron chi connectivity index (χ2n) is 4.54. The Kier molecular flexibility index (Phi) is 5.55. The fourth-order valence-electron chi connectivity index (χ4n) is 1.53. The van der Waals surface area contributed by atoms with Crippen molar-refractivity contribution in [3.8, 4) is 0 Å². The van der Waals surface area contributed by atoms with E-state index in [2.05, 4.69) is 34.4 Å². The van der Waals surface area contributed by atoms with E-state index < -0.39 is 0 Å². The molecule has 0 aliphatic heterocycles. The molecule has 1 rings (SSSR count). The zero-order valence-electron chi connectivity index (χ0n) is 11.6. The first-order valence-corrected chi connectivity index (χ1v) is 6.39. The average Bonchev–Trinajstić information content (AvgIpc) is 2.28. The van der Waals surface area contributed by atoms with Gasteiger partial charge in [-0.25, -0.2) is 9.97 Å². The topological polar surface area (TPSA) is 66.9 Å². The summed E-state index contributed by atoms with van der Waals surface area (Å²) in [4.78, 5) is 20.1. The number of rotatable bonds is 6. The molecule has 1 heterocycles. The van der Waals surface area contributed by atoms with Crippen LogP contribution in [0.25, 0.3) is 0 Å². The maximum absolute atomic E-state index is 11.3. The van der Waals surface area contributed by atoms with Crippen LogP contribution in [0.15, 0.2) is 6.07 Å². The van der Waals surface area contributed by atoms with Gasteiger partial charge in [0.1, 0.15) is 11.6 Å². The molecule has 0 radical (unpaired) electrons. The van der Waals surface area contributed by atoms with Crippen molar-refractivity contribution in [2.45, 2.75) is 40.0 Å². The number of nitrogens with one attached hydrogen (secondary N) is 2. The van der Waals surface area contributed by atoms with Gasteiger partial charge < -0.3 is 10.6 Å².